The van der Waals surface area contributed by atoms with Gasteiger partial charge in [-0.2, -0.15) is 9.59 Å². The van der Waals surface area contributed by atoms with Crippen molar-refractivity contribution in [2.24, 2.45) is 5.92 Å². The molecule has 12 aromatic heterocycles. The summed E-state index contributed by atoms with van der Waals surface area (Å²) in [5.74, 6) is 6.65. The first-order valence-electron chi connectivity index (χ1n) is 49.5. The van der Waals surface area contributed by atoms with Gasteiger partial charge in [0.05, 0.1) is 194 Å². The molecule has 18 heterocycles. The summed E-state index contributed by atoms with van der Waals surface area (Å²) >= 11 is 12.0. The number of nitrogens with zero attached hydrogens (tertiary/aromatic N) is 24. The lowest BCUT2D eigenvalue weighted by Crippen LogP contribution is -2.53. The van der Waals surface area contributed by atoms with E-state index in [1.54, 1.807) is 0 Å². The Labute approximate surface area is 853 Å². The number of aryl methyl sites for hydroxylation is 4. The molecule has 6 aromatic carbocycles. The van der Waals surface area contributed by atoms with Gasteiger partial charge in [-0.15, -0.1) is 30.6 Å². The first kappa shape index (κ1) is 101. The minimum Gasteiger partial charge on any atom is -0.380 e. The molecule has 145 heavy (non-hydrogen) atoms. The van der Waals surface area contributed by atoms with E-state index >= 15 is 0 Å². The van der Waals surface area contributed by atoms with Gasteiger partial charge >= 0.3 is 6.15 Å². The topological polar surface area (TPSA) is 293 Å². The van der Waals surface area contributed by atoms with E-state index in [4.69, 9.17) is 91.8 Å². The van der Waals surface area contributed by atoms with E-state index in [2.05, 4.69) is 239 Å². The lowest BCUT2D eigenvalue weighted by molar-refractivity contribution is -0.191. The molecule has 34 heteroatoms. The highest BCUT2D eigenvalue weighted by molar-refractivity contribution is 6.31. The van der Waals surface area contributed by atoms with Crippen molar-refractivity contribution in [2.75, 3.05) is 154 Å². The Kier molecular flexibility index (Phi) is 32.3. The number of rotatable bonds is 14. The highest BCUT2D eigenvalue weighted by Crippen LogP contribution is 2.39. The molecule has 0 spiro atoms. The van der Waals surface area contributed by atoms with Crippen LogP contribution in [0.5, 0.6) is 0 Å². The molecule has 0 amide bonds. The highest BCUT2D eigenvalue weighted by atomic mass is 35.5. The zero-order chi connectivity index (χ0) is 101. The van der Waals surface area contributed by atoms with Gasteiger partial charge in [-0.25, -0.2) is 28.1 Å². The van der Waals surface area contributed by atoms with Gasteiger partial charge in [0.1, 0.15) is 0 Å². The van der Waals surface area contributed by atoms with Crippen molar-refractivity contribution in [3.05, 3.63) is 289 Å². The monoisotopic (exact) mass is 1990 g/mol. The number of hydrogen-bond acceptors (Lipinski definition) is 26. The van der Waals surface area contributed by atoms with Gasteiger partial charge < -0.3 is 57.8 Å². The molecule has 748 valence electrons. The van der Waals surface area contributed by atoms with Gasteiger partial charge in [-0.1, -0.05) is 108 Å². The van der Waals surface area contributed by atoms with Crippen LogP contribution in [0, 0.1) is 33.6 Å². The van der Waals surface area contributed by atoms with Crippen molar-refractivity contribution in [3.63, 3.8) is 0 Å². The first-order chi connectivity index (χ1) is 70.6. The summed E-state index contributed by atoms with van der Waals surface area (Å²) in [7, 11) is 0. The molecule has 6 aliphatic heterocycles. The number of morpholine rings is 5. The van der Waals surface area contributed by atoms with Crippen LogP contribution in [-0.2, 0) is 38.0 Å². The van der Waals surface area contributed by atoms with E-state index in [-0.39, 0.29) is 23.9 Å². The molecule has 0 N–H and O–H groups in total. The minimum atomic E-state index is -0.0824. The van der Waals surface area contributed by atoms with Gasteiger partial charge in [-0.05, 0) is 215 Å². The third-order valence-electron chi connectivity index (χ3n) is 26.5. The summed E-state index contributed by atoms with van der Waals surface area (Å²) in [6.07, 6.45) is 25.1. The van der Waals surface area contributed by atoms with Gasteiger partial charge in [0, 0.05) is 145 Å². The Balaban J connectivity index is 0.000000114. The summed E-state index contributed by atoms with van der Waals surface area (Å²) in [6, 6.07) is 61.9. The number of halogens is 2. The highest BCUT2D eigenvalue weighted by Gasteiger charge is 2.36. The van der Waals surface area contributed by atoms with Gasteiger partial charge in [-0.3, -0.25) is 29.9 Å². The van der Waals surface area contributed by atoms with E-state index in [9.17, 15) is 0 Å². The summed E-state index contributed by atoms with van der Waals surface area (Å²) < 4.78 is 45.8. The molecular weight excluding hydrogens is 1870 g/mol. The number of ether oxygens (including phenoxy) is 6. The predicted molar refractivity (Wildman–Crippen MR) is 571 cm³/mol. The SMILES string of the molecule is CC1CN(c2nn(-c3ccc(Cl)cc3)c3cnccc23)CCO1.CC1COCCN1c1nn(-c2ccc(Cl)cc2)c2cnccc12.Cc1ccc(-n2nc(N3CCCOCC3)c3ccncc32)cc1.Cc1ccc(-n2nc(N3CCOC(CC(C)C)C3)c3ccncc32)cc1.Cc1ccc(-n2nc(N3CCOCC3(C)C)c3ccncc32)cc1.Cc1ccc(-n2nc(N3CCOCC3C)c3ccncc32)cc1.O=C=O. The number of hydrogen-bond donors (Lipinski definition) is 0. The molecule has 4 unspecified atom stereocenters. The van der Waals surface area contributed by atoms with Gasteiger partial charge in [0.2, 0.25) is 0 Å². The van der Waals surface area contributed by atoms with E-state index in [1.807, 2.05) is 181 Å². The Morgan fingerprint density at radius 2 is 0.648 bits per heavy atom. The van der Waals surface area contributed by atoms with E-state index in [0.717, 1.165) is 266 Å². The van der Waals surface area contributed by atoms with Crippen LogP contribution in [0.15, 0.2) is 256 Å². The van der Waals surface area contributed by atoms with Crippen LogP contribution in [0.25, 0.3) is 99.5 Å². The Hall–Kier alpha value is -14.4. The molecule has 18 aromatic rings. The average molecular weight is 1990 g/mol. The number of aromatic nitrogens is 18. The van der Waals surface area contributed by atoms with Crippen LogP contribution in [0.3, 0.4) is 0 Å². The lowest BCUT2D eigenvalue weighted by Gasteiger charge is -2.42. The number of carbonyl (C=O) groups excluding carboxylic acids is 2. The number of fused-ring (bicyclic) bond motifs is 6. The molecule has 0 bridgehead atoms. The largest absolute Gasteiger partial charge is 0.380 e. The normalized spacial score (nSPS) is 17.5. The summed E-state index contributed by atoms with van der Waals surface area (Å²) in [6.45, 7) is 39.0. The van der Waals surface area contributed by atoms with Gasteiger partial charge in [0.15, 0.2) is 34.9 Å². The molecule has 6 saturated heterocycles. The van der Waals surface area contributed by atoms with E-state index in [1.165, 1.54) is 22.3 Å². The fourth-order valence-electron chi connectivity index (χ4n) is 19.0. The van der Waals surface area contributed by atoms with Crippen molar-refractivity contribution in [2.45, 2.75) is 119 Å². The second-order valence-corrected chi connectivity index (χ2v) is 38.9. The fourth-order valence-corrected chi connectivity index (χ4v) is 19.2. The van der Waals surface area contributed by atoms with E-state index in [0.29, 0.717) is 34.7 Å². The Morgan fingerprint density at radius 1 is 0.345 bits per heavy atom. The third kappa shape index (κ3) is 23.3. The number of pyridine rings is 6. The third-order valence-corrected chi connectivity index (χ3v) is 27.0. The smallest absolute Gasteiger partial charge is 0.373 e. The Morgan fingerprint density at radius 3 is 1.00 bits per heavy atom. The van der Waals surface area contributed by atoms with Gasteiger partial charge in [0.25, 0.3) is 0 Å². The van der Waals surface area contributed by atoms with E-state index < -0.39 is 0 Å². The molecule has 32 nitrogen and oxygen atoms in total. The summed E-state index contributed by atoms with van der Waals surface area (Å²) in [5.41, 5.74) is 17.2. The fraction of sp³-hybridized carbons (Fsp3) is 0.342. The molecular formula is C111H122Cl2N24O8. The predicted octanol–water partition coefficient (Wildman–Crippen LogP) is 19.2. The standard InChI is InChI=1S/C21H26N4O.C19H22N4O.2C18H20N4O.2C17H17ClN4O.CO2/c1-15(2)12-18-14-24(10-11-26-18)21-19-8-9-22-13-20(19)25(23-21)17-6-4-16(3)5-7-17;1-14-4-6-15(7-5-14)23-17-12-20-9-8-16(17)18(21-23)22-10-11-24-13-19(22,2)3;1-13-3-5-15(6-4-13)22-17-11-19-8-7-16(17)18(20-22)21-9-10-23-12-14(21)2;1-14-3-5-15(6-4-14)22-17-13-19-8-7-16(17)18(20-22)21-9-2-11-23-12-10-21;1-12-11-23-9-8-21(12)17-15-6-7-19-10-16(15)22(20-17)14-4-2-13(18)3-5-14;1-12-11-21(8-9-23-12)17-15-6-7-19-10-16(15)22(20-17)14-4-2-13(18)3-5-14;2-1-3/h4-9,13,15,18H,10-12,14H2,1-3H3;4-9,12H,10-11,13H2,1-3H3;3-8,11,14H,9-10,12H2,1-2H3;3-8,13H,2,9-12H2,1H3;2*2-7,10,12H,8-9,11H2,1H3;. The van der Waals surface area contributed by atoms with Crippen LogP contribution in [0.2, 0.25) is 10.0 Å². The quantitative estimate of drug-likeness (QED) is 0.0977. The maximum Gasteiger partial charge on any atom is 0.373 e. The average Bonchev–Trinajstić information content (AvgIpc) is 1.64. The zero-order valence-electron chi connectivity index (χ0n) is 83.7. The second-order valence-electron chi connectivity index (χ2n) is 38.0. The second kappa shape index (κ2) is 46.5. The van der Waals surface area contributed by atoms with Crippen LogP contribution in [0.1, 0.15) is 83.6 Å². The molecule has 4 atom stereocenters. The van der Waals surface area contributed by atoms with Crippen molar-refractivity contribution in [3.8, 4) is 34.1 Å². The molecule has 6 fully saturated rings. The lowest BCUT2D eigenvalue weighted by atomic mass is 10.0. The van der Waals surface area contributed by atoms with Crippen LogP contribution < -0.4 is 29.4 Å². The van der Waals surface area contributed by atoms with Crippen molar-refractivity contribution in [1.29, 1.82) is 0 Å². The molecule has 6 aliphatic rings. The maximum absolute atomic E-state index is 8.12. The number of benzene rings is 6. The van der Waals surface area contributed by atoms with Crippen LogP contribution >= 0.6 is 23.2 Å². The van der Waals surface area contributed by atoms with Crippen LogP contribution in [0.4, 0.5) is 34.9 Å². The van der Waals surface area contributed by atoms with Crippen molar-refractivity contribution < 1.29 is 38.0 Å². The van der Waals surface area contributed by atoms with Crippen molar-refractivity contribution >= 4 is 130 Å². The Bertz CT molecular complexity index is 7130. The van der Waals surface area contributed by atoms with Crippen LogP contribution in [-0.4, -0.2) is 250 Å². The molecule has 0 aliphatic carbocycles. The maximum atomic E-state index is 8.12. The minimum absolute atomic E-state index is 0.0824. The first-order valence-corrected chi connectivity index (χ1v) is 50.2. The molecule has 24 rings (SSSR count). The summed E-state index contributed by atoms with van der Waals surface area (Å²) in [4.78, 5) is 55.9. The number of anilines is 6. The zero-order valence-corrected chi connectivity index (χ0v) is 85.3. The molecule has 0 radical (unpaired) electrons. The molecule has 0 saturated carbocycles. The van der Waals surface area contributed by atoms with Crippen molar-refractivity contribution in [1.82, 2.24) is 88.6 Å². The summed E-state index contributed by atoms with van der Waals surface area (Å²) in [5, 5.41) is 37.6.